The predicted molar refractivity (Wildman–Crippen MR) is 210 cm³/mol. The van der Waals surface area contributed by atoms with Crippen LogP contribution in [0.5, 0.6) is 0 Å². The van der Waals surface area contributed by atoms with Gasteiger partial charge in [-0.2, -0.15) is 0 Å². The van der Waals surface area contributed by atoms with Crippen LogP contribution in [-0.2, 0) is 9.59 Å². The van der Waals surface area contributed by atoms with Crippen LogP contribution in [0, 0.1) is 0 Å². The Labute approximate surface area is 308 Å². The molecule has 0 aromatic rings. The van der Waals surface area contributed by atoms with Crippen LogP contribution in [0.1, 0.15) is 136 Å². The SMILES string of the molecule is CCCCCCCCNCCN(CCN)CC(=O)O.CCCCCCCCNCCN(CCNCCCCCCCC)CC(=O)O.Cl.Cl. The van der Waals surface area contributed by atoms with E-state index in [4.69, 9.17) is 15.9 Å². The van der Waals surface area contributed by atoms with Crippen molar-refractivity contribution in [1.29, 1.82) is 0 Å². The fraction of sp³-hybridized carbons (Fsp3) is 0.944. The standard InChI is InChI=1S/C22H47N3O2.C14H31N3O2.2ClH/c1-3-5-7-9-11-13-15-23-17-19-25(21-22(26)27)20-18-24-16-14-12-10-8-6-4-2;1-2-3-4-5-6-7-9-16-10-12-17(11-8-15)13-14(18)19;;/h23-24H,3-21H2,1-2H3,(H,26,27);16H,2-13,15H2,1H3,(H,18,19);2*1H. The number of carbonyl (C=O) groups is 2. The Bertz CT molecular complexity index is 619. The van der Waals surface area contributed by atoms with Crippen molar-refractivity contribution < 1.29 is 19.8 Å². The van der Waals surface area contributed by atoms with Gasteiger partial charge in [0, 0.05) is 52.4 Å². The lowest BCUT2D eigenvalue weighted by Gasteiger charge is -2.20. The molecule has 0 atom stereocenters. The monoisotopic (exact) mass is 731 g/mol. The van der Waals surface area contributed by atoms with E-state index in [1.807, 2.05) is 9.80 Å². The molecule has 0 unspecified atom stereocenters. The fourth-order valence-corrected chi connectivity index (χ4v) is 5.28. The third-order valence-electron chi connectivity index (χ3n) is 8.10. The number of nitrogens with zero attached hydrogens (tertiary/aromatic N) is 2. The van der Waals surface area contributed by atoms with Crippen molar-refractivity contribution in [3.8, 4) is 0 Å². The maximum atomic E-state index is 11.0. The molecule has 48 heavy (non-hydrogen) atoms. The second-order valence-corrected chi connectivity index (χ2v) is 12.7. The molecular weight excluding hydrogens is 651 g/mol. The molecule has 0 spiro atoms. The molecule has 0 saturated carbocycles. The molecule has 0 heterocycles. The van der Waals surface area contributed by atoms with Gasteiger partial charge in [0.15, 0.2) is 0 Å². The van der Waals surface area contributed by atoms with Crippen molar-refractivity contribution >= 4 is 36.8 Å². The van der Waals surface area contributed by atoms with Crippen molar-refractivity contribution in [2.24, 2.45) is 5.73 Å². The number of carboxylic acid groups (broad SMARTS) is 2. The van der Waals surface area contributed by atoms with E-state index >= 15 is 0 Å². The van der Waals surface area contributed by atoms with Gasteiger partial charge in [0.1, 0.15) is 0 Å². The molecule has 292 valence electrons. The summed E-state index contributed by atoms with van der Waals surface area (Å²) in [4.78, 5) is 25.6. The minimum atomic E-state index is -0.788. The summed E-state index contributed by atoms with van der Waals surface area (Å²) in [6.45, 7) is 16.1. The van der Waals surface area contributed by atoms with Crippen LogP contribution < -0.4 is 21.7 Å². The van der Waals surface area contributed by atoms with Gasteiger partial charge in [-0.05, 0) is 38.9 Å². The van der Waals surface area contributed by atoms with Gasteiger partial charge in [-0.3, -0.25) is 19.4 Å². The van der Waals surface area contributed by atoms with E-state index in [1.54, 1.807) is 0 Å². The molecule has 0 aliphatic heterocycles. The normalized spacial score (nSPS) is 10.8. The lowest BCUT2D eigenvalue weighted by Crippen LogP contribution is -2.40. The van der Waals surface area contributed by atoms with Gasteiger partial charge in [-0.25, -0.2) is 0 Å². The van der Waals surface area contributed by atoms with Crippen molar-refractivity contribution in [2.75, 3.05) is 85.1 Å². The maximum absolute atomic E-state index is 11.0. The average Bonchev–Trinajstić information content (AvgIpc) is 3.02. The van der Waals surface area contributed by atoms with Gasteiger partial charge in [-0.1, -0.05) is 117 Å². The first-order valence-electron chi connectivity index (χ1n) is 19.1. The number of rotatable bonds is 36. The number of unbranched alkanes of at least 4 members (excludes halogenated alkanes) is 15. The Morgan fingerprint density at radius 1 is 0.458 bits per heavy atom. The Morgan fingerprint density at radius 2 is 0.729 bits per heavy atom. The van der Waals surface area contributed by atoms with Crippen LogP contribution in [0.3, 0.4) is 0 Å². The molecule has 0 aromatic heterocycles. The second-order valence-electron chi connectivity index (χ2n) is 12.7. The summed E-state index contributed by atoms with van der Waals surface area (Å²) in [6.07, 6.45) is 23.5. The summed E-state index contributed by atoms with van der Waals surface area (Å²) in [5.74, 6) is -1.52. The van der Waals surface area contributed by atoms with Gasteiger partial charge in [0.25, 0.3) is 0 Å². The van der Waals surface area contributed by atoms with Crippen molar-refractivity contribution in [3.63, 3.8) is 0 Å². The minimum absolute atomic E-state index is 0. The molecule has 0 aliphatic carbocycles. The number of nitrogens with one attached hydrogen (secondary N) is 3. The number of carboxylic acids is 2. The largest absolute Gasteiger partial charge is 0.480 e. The van der Waals surface area contributed by atoms with Gasteiger partial charge in [0.05, 0.1) is 13.1 Å². The summed E-state index contributed by atoms with van der Waals surface area (Å²) in [6, 6.07) is 0. The molecule has 7 N–H and O–H groups in total. The Kier molecular flexibility index (Phi) is 52.1. The zero-order chi connectivity index (χ0) is 34.4. The first-order valence-corrected chi connectivity index (χ1v) is 19.1. The van der Waals surface area contributed by atoms with Crippen LogP contribution >= 0.6 is 24.8 Å². The third kappa shape index (κ3) is 47.4. The quantitative estimate of drug-likeness (QED) is 0.0401. The van der Waals surface area contributed by atoms with Crippen molar-refractivity contribution in [2.45, 2.75) is 136 Å². The molecule has 10 nitrogen and oxygen atoms in total. The lowest BCUT2D eigenvalue weighted by molar-refractivity contribution is -0.139. The molecule has 0 aromatic carbocycles. The number of hydrogen-bond donors (Lipinski definition) is 6. The minimum Gasteiger partial charge on any atom is -0.480 e. The first kappa shape index (κ1) is 54.1. The molecule has 0 fully saturated rings. The van der Waals surface area contributed by atoms with Gasteiger partial charge >= 0.3 is 11.9 Å². The fourth-order valence-electron chi connectivity index (χ4n) is 5.28. The summed E-state index contributed by atoms with van der Waals surface area (Å²) in [5.41, 5.74) is 5.46. The number of aliphatic carboxylic acids is 2. The number of nitrogens with two attached hydrogens (primary N) is 1. The van der Waals surface area contributed by atoms with E-state index < -0.39 is 11.9 Å². The summed E-state index contributed by atoms with van der Waals surface area (Å²) < 4.78 is 0. The van der Waals surface area contributed by atoms with E-state index in [0.717, 1.165) is 58.9 Å². The van der Waals surface area contributed by atoms with Gasteiger partial charge in [0.2, 0.25) is 0 Å². The van der Waals surface area contributed by atoms with E-state index in [9.17, 15) is 9.59 Å². The molecule has 12 heteroatoms. The van der Waals surface area contributed by atoms with Crippen molar-refractivity contribution in [1.82, 2.24) is 25.8 Å². The Balaban J connectivity index is -0.000000409. The highest BCUT2D eigenvalue weighted by Crippen LogP contribution is 2.05. The Hall–Kier alpha value is -0.720. The topological polar surface area (TPSA) is 143 Å². The summed E-state index contributed by atoms with van der Waals surface area (Å²) in [5, 5.41) is 28.1. The zero-order valence-corrected chi connectivity index (χ0v) is 33.1. The van der Waals surface area contributed by atoms with E-state index in [2.05, 4.69) is 36.7 Å². The third-order valence-corrected chi connectivity index (χ3v) is 8.10. The average molecular weight is 732 g/mol. The zero-order valence-electron chi connectivity index (χ0n) is 31.4. The highest BCUT2D eigenvalue weighted by Gasteiger charge is 2.09. The van der Waals surface area contributed by atoms with E-state index in [-0.39, 0.29) is 37.9 Å². The molecule has 0 rings (SSSR count). The van der Waals surface area contributed by atoms with E-state index in [1.165, 1.54) is 116 Å². The lowest BCUT2D eigenvalue weighted by atomic mass is 10.1. The molecule has 0 bridgehead atoms. The van der Waals surface area contributed by atoms with Crippen LogP contribution in [0.4, 0.5) is 0 Å². The van der Waals surface area contributed by atoms with Crippen LogP contribution in [-0.4, -0.2) is 117 Å². The first-order chi connectivity index (χ1) is 22.4. The predicted octanol–water partition coefficient (Wildman–Crippen LogP) is 6.40. The van der Waals surface area contributed by atoms with Gasteiger partial charge in [-0.15, -0.1) is 24.8 Å². The van der Waals surface area contributed by atoms with Gasteiger partial charge < -0.3 is 31.9 Å². The maximum Gasteiger partial charge on any atom is 0.317 e. The summed E-state index contributed by atoms with van der Waals surface area (Å²) in [7, 11) is 0. The molecule has 0 aliphatic rings. The second kappa shape index (κ2) is 46.3. The van der Waals surface area contributed by atoms with Crippen LogP contribution in [0.15, 0.2) is 0 Å². The molecular formula is C36H80Cl2N6O4. The molecule has 0 saturated heterocycles. The smallest absolute Gasteiger partial charge is 0.317 e. The molecule has 0 amide bonds. The van der Waals surface area contributed by atoms with Crippen LogP contribution in [0.25, 0.3) is 0 Å². The summed E-state index contributed by atoms with van der Waals surface area (Å²) >= 11 is 0. The van der Waals surface area contributed by atoms with E-state index in [0.29, 0.717) is 13.1 Å². The Morgan fingerprint density at radius 3 is 1.00 bits per heavy atom. The highest BCUT2D eigenvalue weighted by molar-refractivity contribution is 5.85. The molecule has 0 radical (unpaired) electrons. The highest BCUT2D eigenvalue weighted by atomic mass is 35.5. The van der Waals surface area contributed by atoms with Crippen molar-refractivity contribution in [3.05, 3.63) is 0 Å². The van der Waals surface area contributed by atoms with Crippen LogP contribution in [0.2, 0.25) is 0 Å². The number of hydrogen-bond acceptors (Lipinski definition) is 8. The number of halogens is 2.